The van der Waals surface area contributed by atoms with Crippen molar-refractivity contribution in [2.75, 3.05) is 84.2 Å². The lowest BCUT2D eigenvalue weighted by molar-refractivity contribution is -0.145. The fourth-order valence-electron chi connectivity index (χ4n) is 10.8. The van der Waals surface area contributed by atoms with E-state index in [9.17, 15) is 42.2 Å². The third kappa shape index (κ3) is 15.6. The number of aromatic nitrogens is 4. The van der Waals surface area contributed by atoms with E-state index in [1.165, 1.54) is 21.8 Å². The van der Waals surface area contributed by atoms with Crippen LogP contribution in [-0.4, -0.2) is 177 Å². The highest BCUT2D eigenvalue weighted by Gasteiger charge is 2.53. The van der Waals surface area contributed by atoms with Crippen LogP contribution in [0.2, 0.25) is 0 Å². The molecule has 3 atom stereocenters. The van der Waals surface area contributed by atoms with Crippen LogP contribution < -0.4 is 20.7 Å². The van der Waals surface area contributed by atoms with E-state index in [-0.39, 0.29) is 63.6 Å². The number of nitrogens with one attached hydrogen (secondary N) is 3. The van der Waals surface area contributed by atoms with Crippen molar-refractivity contribution in [1.82, 2.24) is 44.9 Å². The Morgan fingerprint density at radius 1 is 0.877 bits per heavy atom. The Hall–Kier alpha value is -5.82. The maximum absolute atomic E-state index is 14.7. The first kappa shape index (κ1) is 59.8. The molecule has 9 rings (SSSR count). The largest absolute Gasteiger partial charge is 0.491 e. The Balaban J connectivity index is 0.697. The predicted octanol–water partition coefficient (Wildman–Crippen LogP) is 7.21. The zero-order chi connectivity index (χ0) is 57.5. The summed E-state index contributed by atoms with van der Waals surface area (Å²) in [4.78, 5) is 61.0. The van der Waals surface area contributed by atoms with Crippen LogP contribution in [0.25, 0.3) is 32.6 Å². The summed E-state index contributed by atoms with van der Waals surface area (Å²) in [5.41, 5.74) is 5.28. The van der Waals surface area contributed by atoms with Gasteiger partial charge in [0.2, 0.25) is 17.8 Å². The van der Waals surface area contributed by atoms with E-state index in [0.717, 1.165) is 84.8 Å². The first-order valence-electron chi connectivity index (χ1n) is 28.2. The summed E-state index contributed by atoms with van der Waals surface area (Å²) in [5, 5.41) is 29.9. The number of hydrogen-bond acceptors (Lipinski definition) is 15. The lowest BCUT2D eigenvalue weighted by Gasteiger charge is -2.35. The summed E-state index contributed by atoms with van der Waals surface area (Å²) >= 11 is 1.51. The van der Waals surface area contributed by atoms with Crippen LogP contribution in [0.1, 0.15) is 95.0 Å². The molecule has 2 aliphatic carbocycles. The van der Waals surface area contributed by atoms with Crippen molar-refractivity contribution in [3.05, 3.63) is 77.2 Å². The van der Waals surface area contributed by atoms with Crippen molar-refractivity contribution < 1.29 is 56.4 Å². The molecular weight excluding hydrogens is 1070 g/mol. The lowest BCUT2D eigenvalue weighted by Crippen LogP contribution is -2.59. The third-order valence-corrected chi connectivity index (χ3v) is 16.7. The Bertz CT molecular complexity index is 2930. The van der Waals surface area contributed by atoms with Crippen LogP contribution in [-0.2, 0) is 36.9 Å². The zero-order valence-corrected chi connectivity index (χ0v) is 47.4. The molecule has 0 spiro atoms. The van der Waals surface area contributed by atoms with E-state index in [2.05, 4.69) is 75.7 Å². The number of halogens is 4. The van der Waals surface area contributed by atoms with E-state index in [1.54, 1.807) is 32.5 Å². The second-order valence-electron chi connectivity index (χ2n) is 23.0. The van der Waals surface area contributed by atoms with Crippen molar-refractivity contribution >= 4 is 46.0 Å². The topological polar surface area (TPSA) is 209 Å². The zero-order valence-electron chi connectivity index (χ0n) is 46.6. The van der Waals surface area contributed by atoms with E-state index >= 15 is 0 Å². The van der Waals surface area contributed by atoms with E-state index in [1.807, 2.05) is 25.1 Å². The van der Waals surface area contributed by atoms with Crippen LogP contribution in [0.3, 0.4) is 0 Å². The number of ether oxygens (including phenoxy) is 3. The third-order valence-electron chi connectivity index (χ3n) is 15.7. The number of amides is 3. The molecule has 3 aromatic heterocycles. The normalized spacial score (nSPS) is 21.0. The number of piperazine rings is 1. The van der Waals surface area contributed by atoms with Gasteiger partial charge in [0.25, 0.3) is 5.91 Å². The highest BCUT2D eigenvalue weighted by molar-refractivity contribution is 7.13. The standard InChI is InChI=1S/C58H76F4N10O8S/c1-37-49(81-36-66-37)40-9-10-41(31-64-52(75)47-30-44(74)34-72(47)53(76)50(56(2,3)4)67-54(77)57(59)15-16-57)48(29-40)80-28-27-79-26-25-78-24-23-69-19-21-70(22-20-69)33-38-5-7-39(8-6-38)46-35-71(42-11-13-43(73)14-12-42)51-45(46)32-65-55(68-51)63-18-17-58(60,61)62/h5-10,29,32,35-36,42-44,47,50,73-74H,11-28,30-31,33-34H2,1-4H3,(H,64,75)(H,67,77)(H,63,65,68)/t42-,43-,44-,47+,50-/m1/s1. The number of β-amino-alcohol motifs (C(OH)–C–C–N with tert-alkyl or cyclic N) is 1. The van der Waals surface area contributed by atoms with Gasteiger partial charge in [-0.15, -0.1) is 11.3 Å². The van der Waals surface area contributed by atoms with Crippen molar-refractivity contribution in [3.63, 3.8) is 0 Å². The molecule has 18 nitrogen and oxygen atoms in total. The molecule has 2 aliphatic heterocycles. The Morgan fingerprint density at radius 2 is 1.57 bits per heavy atom. The van der Waals surface area contributed by atoms with Gasteiger partial charge in [-0.25, -0.2) is 14.4 Å². The first-order chi connectivity index (χ1) is 38.7. The van der Waals surface area contributed by atoms with Crippen molar-refractivity contribution in [2.24, 2.45) is 5.41 Å². The molecule has 0 bridgehead atoms. The quantitative estimate of drug-likeness (QED) is 0.0306. The minimum atomic E-state index is -4.28. The second-order valence-corrected chi connectivity index (χ2v) is 23.8. The molecule has 23 heteroatoms. The maximum Gasteiger partial charge on any atom is 0.390 e. The number of fused-ring (bicyclic) bond motifs is 1. The van der Waals surface area contributed by atoms with E-state index in [0.29, 0.717) is 56.2 Å². The molecule has 5 aromatic rings. The average molecular weight is 1150 g/mol. The molecule has 4 aliphatic rings. The summed E-state index contributed by atoms with van der Waals surface area (Å²) in [5.74, 6) is -1.17. The number of thiazole rings is 1. The highest BCUT2D eigenvalue weighted by atomic mass is 32.1. The van der Waals surface area contributed by atoms with Crippen LogP contribution >= 0.6 is 11.3 Å². The summed E-state index contributed by atoms with van der Waals surface area (Å²) in [7, 11) is 0. The molecular formula is C58H76F4N10O8S. The Kier molecular flexibility index (Phi) is 19.3. The number of carbonyl (C=O) groups is 3. The average Bonchev–Trinajstić information content (AvgIpc) is 3.70. The molecule has 2 aromatic carbocycles. The SMILES string of the molecule is Cc1ncsc1-c1ccc(CNC(=O)[C@@H]2C[C@@H](O)CN2C(=O)[C@@H](NC(=O)C2(F)CC2)C(C)(C)C)c(OCCOCCOCCN2CCN(Cc3ccc(-c4cn([C@H]5CC[C@H](O)CC5)c5nc(NCCC(F)(F)F)ncc45)cc3)CC2)c1. The van der Waals surface area contributed by atoms with Crippen LogP contribution in [0.4, 0.5) is 23.5 Å². The molecule has 5 heterocycles. The molecule has 81 heavy (non-hydrogen) atoms. The number of likely N-dealkylation sites (tertiary alicyclic amines) is 1. The van der Waals surface area contributed by atoms with Gasteiger partial charge in [0.1, 0.15) is 30.1 Å². The van der Waals surface area contributed by atoms with Gasteiger partial charge in [0.15, 0.2) is 5.67 Å². The smallest absolute Gasteiger partial charge is 0.390 e. The van der Waals surface area contributed by atoms with E-state index < -0.39 is 59.6 Å². The molecule has 0 radical (unpaired) electrons. The fraction of sp³-hybridized carbons (Fsp3) is 0.586. The molecule has 2 saturated carbocycles. The van der Waals surface area contributed by atoms with Gasteiger partial charge in [-0.3, -0.25) is 24.2 Å². The van der Waals surface area contributed by atoms with Crippen LogP contribution in [0.5, 0.6) is 5.75 Å². The number of aliphatic hydroxyl groups is 2. The fourth-order valence-corrected chi connectivity index (χ4v) is 11.6. The Labute approximate surface area is 473 Å². The predicted molar refractivity (Wildman–Crippen MR) is 299 cm³/mol. The molecule has 440 valence electrons. The second kappa shape index (κ2) is 26.2. The molecule has 3 amide bonds. The Morgan fingerprint density at radius 3 is 2.25 bits per heavy atom. The number of benzene rings is 2. The van der Waals surface area contributed by atoms with Gasteiger partial charge in [0, 0.05) is 100 Å². The molecule has 2 saturated heterocycles. The number of nitrogens with zero attached hydrogens (tertiary/aromatic N) is 7. The highest BCUT2D eigenvalue weighted by Crippen LogP contribution is 2.41. The summed E-state index contributed by atoms with van der Waals surface area (Å²) in [6.07, 6.45) is 0.328. The first-order valence-corrected chi connectivity index (χ1v) is 29.1. The molecule has 0 unspecified atom stereocenters. The van der Waals surface area contributed by atoms with Crippen molar-refractivity contribution in [3.8, 4) is 27.3 Å². The number of hydrogen-bond donors (Lipinski definition) is 5. The molecule has 4 fully saturated rings. The monoisotopic (exact) mass is 1150 g/mol. The summed E-state index contributed by atoms with van der Waals surface area (Å²) < 4.78 is 73.4. The van der Waals surface area contributed by atoms with Gasteiger partial charge in [-0.2, -0.15) is 18.2 Å². The van der Waals surface area contributed by atoms with Gasteiger partial charge >= 0.3 is 6.18 Å². The number of aryl methyl sites for hydroxylation is 1. The summed E-state index contributed by atoms with van der Waals surface area (Å²) in [6.45, 7) is 14.0. The number of aliphatic hydroxyl groups excluding tert-OH is 2. The van der Waals surface area contributed by atoms with Crippen LogP contribution in [0.15, 0.2) is 60.4 Å². The van der Waals surface area contributed by atoms with Gasteiger partial charge in [-0.05, 0) is 73.6 Å². The molecule has 5 N–H and O–H groups in total. The van der Waals surface area contributed by atoms with Gasteiger partial charge < -0.3 is 49.8 Å². The minimum Gasteiger partial charge on any atom is -0.491 e. The van der Waals surface area contributed by atoms with Crippen LogP contribution in [0, 0.1) is 12.3 Å². The minimum absolute atomic E-state index is 0.0109. The van der Waals surface area contributed by atoms with E-state index in [4.69, 9.17) is 14.2 Å². The van der Waals surface area contributed by atoms with Crippen molar-refractivity contribution in [2.45, 2.75) is 134 Å². The number of anilines is 1. The number of carbonyl (C=O) groups excluding carboxylic acids is 3. The number of alkyl halides is 4. The van der Waals surface area contributed by atoms with Crippen molar-refractivity contribution in [1.29, 1.82) is 0 Å². The number of rotatable bonds is 24. The lowest BCUT2D eigenvalue weighted by atomic mass is 9.85. The van der Waals surface area contributed by atoms with Gasteiger partial charge in [0.05, 0.1) is 61.1 Å². The van der Waals surface area contributed by atoms with Gasteiger partial charge in [-0.1, -0.05) is 57.2 Å². The summed E-state index contributed by atoms with van der Waals surface area (Å²) in [6, 6.07) is 12.2. The maximum atomic E-state index is 14.7.